The molecule has 3 aromatic heterocycles. The first-order valence-corrected chi connectivity index (χ1v) is 6.66. The molecule has 1 atom stereocenters. The van der Waals surface area contributed by atoms with Gasteiger partial charge in [-0.1, -0.05) is 17.7 Å². The summed E-state index contributed by atoms with van der Waals surface area (Å²) in [5.41, 5.74) is 0.795. The fourth-order valence-corrected chi connectivity index (χ4v) is 2.36. The number of hydrogen-bond acceptors (Lipinski definition) is 4. The van der Waals surface area contributed by atoms with E-state index in [0.29, 0.717) is 11.4 Å². The quantitative estimate of drug-likeness (QED) is 0.773. The minimum Gasteiger partial charge on any atom is -0.467 e. The Balaban J connectivity index is 1.92. The Bertz CT molecular complexity index is 767. The average Bonchev–Trinajstić information content (AvgIpc) is 3.10. The van der Waals surface area contributed by atoms with Crippen LogP contribution in [0.5, 0.6) is 0 Å². The molecule has 21 heavy (non-hydrogen) atoms. The summed E-state index contributed by atoms with van der Waals surface area (Å²) in [6.07, 6.45) is 3.18. The lowest BCUT2D eigenvalue weighted by molar-refractivity contribution is 0.0901. The number of imidazole rings is 1. The Morgan fingerprint density at radius 1 is 1.43 bits per heavy atom. The molecule has 0 saturated heterocycles. The predicted molar refractivity (Wildman–Crippen MR) is 76.2 cm³/mol. The summed E-state index contributed by atoms with van der Waals surface area (Å²) in [6, 6.07) is 8.05. The second-order valence-electron chi connectivity index (χ2n) is 4.40. The molecular formula is C14H12ClN3O3. The maximum absolute atomic E-state index is 12.4. The number of nitrogens with zero attached hydrogens (tertiary/aromatic N) is 2. The van der Waals surface area contributed by atoms with Crippen LogP contribution in [0, 0.1) is 0 Å². The van der Waals surface area contributed by atoms with E-state index in [-0.39, 0.29) is 17.5 Å². The molecule has 0 aromatic carbocycles. The van der Waals surface area contributed by atoms with Crippen LogP contribution in [0.15, 0.2) is 47.2 Å². The summed E-state index contributed by atoms with van der Waals surface area (Å²) in [5.74, 6) is 0.0324. The second-order valence-corrected chi connectivity index (χ2v) is 4.76. The molecule has 0 bridgehead atoms. The van der Waals surface area contributed by atoms with Gasteiger partial charge in [0.2, 0.25) is 0 Å². The van der Waals surface area contributed by atoms with Crippen molar-refractivity contribution >= 4 is 23.2 Å². The zero-order valence-corrected chi connectivity index (χ0v) is 11.6. The Labute approximate surface area is 125 Å². The van der Waals surface area contributed by atoms with Crippen LogP contribution in [0.25, 0.3) is 5.65 Å². The average molecular weight is 306 g/mol. The van der Waals surface area contributed by atoms with E-state index in [1.165, 1.54) is 6.26 Å². The number of carbonyl (C=O) groups is 1. The van der Waals surface area contributed by atoms with Gasteiger partial charge in [-0.15, -0.1) is 0 Å². The SMILES string of the molecule is O=C(NC(CO)c1ccco1)c1c(Cl)nc2ccccn12. The van der Waals surface area contributed by atoms with E-state index < -0.39 is 11.9 Å². The van der Waals surface area contributed by atoms with Crippen molar-refractivity contribution in [2.24, 2.45) is 0 Å². The van der Waals surface area contributed by atoms with Gasteiger partial charge in [-0.3, -0.25) is 9.20 Å². The maximum atomic E-state index is 12.4. The predicted octanol–water partition coefficient (Wildman–Crippen LogP) is 2.04. The summed E-state index contributed by atoms with van der Waals surface area (Å²) in [5, 5.41) is 12.2. The molecule has 0 spiro atoms. The molecule has 6 nitrogen and oxygen atoms in total. The smallest absolute Gasteiger partial charge is 0.272 e. The number of carbonyl (C=O) groups excluding carboxylic acids is 1. The monoisotopic (exact) mass is 305 g/mol. The minimum absolute atomic E-state index is 0.106. The van der Waals surface area contributed by atoms with E-state index in [4.69, 9.17) is 16.0 Å². The number of aliphatic hydroxyl groups excluding tert-OH is 1. The van der Waals surface area contributed by atoms with Crippen molar-refractivity contribution in [3.8, 4) is 0 Å². The molecule has 1 unspecified atom stereocenters. The molecule has 3 rings (SSSR count). The highest BCUT2D eigenvalue weighted by Gasteiger charge is 2.22. The number of pyridine rings is 1. The van der Waals surface area contributed by atoms with Crippen molar-refractivity contribution in [2.75, 3.05) is 6.61 Å². The fourth-order valence-electron chi connectivity index (χ4n) is 2.09. The van der Waals surface area contributed by atoms with E-state index >= 15 is 0 Å². The van der Waals surface area contributed by atoms with Gasteiger partial charge in [0.05, 0.1) is 12.9 Å². The third-order valence-electron chi connectivity index (χ3n) is 3.08. The van der Waals surface area contributed by atoms with E-state index in [1.807, 2.05) is 0 Å². The molecule has 0 aliphatic rings. The van der Waals surface area contributed by atoms with Crippen LogP contribution in [0.3, 0.4) is 0 Å². The zero-order chi connectivity index (χ0) is 14.8. The third-order valence-corrected chi connectivity index (χ3v) is 3.34. The van der Waals surface area contributed by atoms with Gasteiger partial charge in [-0.2, -0.15) is 0 Å². The van der Waals surface area contributed by atoms with E-state index in [0.717, 1.165) is 0 Å². The molecule has 0 aliphatic heterocycles. The molecule has 7 heteroatoms. The lowest BCUT2D eigenvalue weighted by atomic mass is 10.2. The highest BCUT2D eigenvalue weighted by atomic mass is 35.5. The summed E-state index contributed by atoms with van der Waals surface area (Å²) < 4.78 is 6.78. The van der Waals surface area contributed by atoms with Gasteiger partial charge < -0.3 is 14.8 Å². The van der Waals surface area contributed by atoms with Crippen LogP contribution in [-0.2, 0) is 0 Å². The first-order valence-electron chi connectivity index (χ1n) is 6.28. The number of aliphatic hydroxyl groups is 1. The van der Waals surface area contributed by atoms with Gasteiger partial charge in [0.1, 0.15) is 17.4 Å². The van der Waals surface area contributed by atoms with E-state index in [2.05, 4.69) is 10.3 Å². The number of nitrogens with one attached hydrogen (secondary N) is 1. The van der Waals surface area contributed by atoms with Crippen molar-refractivity contribution in [1.82, 2.24) is 14.7 Å². The molecular weight excluding hydrogens is 294 g/mol. The highest BCUT2D eigenvalue weighted by molar-refractivity contribution is 6.32. The van der Waals surface area contributed by atoms with Crippen LogP contribution < -0.4 is 5.32 Å². The second kappa shape index (κ2) is 5.59. The van der Waals surface area contributed by atoms with Crippen molar-refractivity contribution in [2.45, 2.75) is 6.04 Å². The number of furan rings is 1. The molecule has 0 fully saturated rings. The molecule has 108 valence electrons. The van der Waals surface area contributed by atoms with Gasteiger partial charge >= 0.3 is 0 Å². The zero-order valence-electron chi connectivity index (χ0n) is 10.9. The molecule has 0 saturated carbocycles. The van der Waals surface area contributed by atoms with Gasteiger partial charge in [0.25, 0.3) is 5.91 Å². The Kier molecular flexibility index (Phi) is 3.64. The van der Waals surface area contributed by atoms with E-state index in [1.54, 1.807) is 40.9 Å². The number of halogens is 1. The summed E-state index contributed by atoms with van der Waals surface area (Å²) >= 11 is 6.04. The van der Waals surface area contributed by atoms with Crippen LogP contribution in [-0.4, -0.2) is 27.0 Å². The Morgan fingerprint density at radius 3 is 3.00 bits per heavy atom. The molecule has 1 amide bonds. The standard InChI is InChI=1S/C14H12ClN3O3/c15-13-12(18-6-2-1-5-11(18)17-13)14(20)16-9(8-19)10-4-3-7-21-10/h1-7,9,19H,8H2,(H,16,20). The van der Waals surface area contributed by atoms with Crippen molar-refractivity contribution in [3.63, 3.8) is 0 Å². The van der Waals surface area contributed by atoms with Crippen LogP contribution in [0.2, 0.25) is 5.15 Å². The largest absolute Gasteiger partial charge is 0.467 e. The highest BCUT2D eigenvalue weighted by Crippen LogP contribution is 2.19. The lowest BCUT2D eigenvalue weighted by Gasteiger charge is -2.13. The number of fused-ring (bicyclic) bond motifs is 1. The normalized spacial score (nSPS) is 12.5. The topological polar surface area (TPSA) is 79.8 Å². The number of amides is 1. The summed E-state index contributed by atoms with van der Waals surface area (Å²) in [6.45, 7) is -0.284. The van der Waals surface area contributed by atoms with Crippen molar-refractivity contribution in [1.29, 1.82) is 0 Å². The first kappa shape index (κ1) is 13.7. The number of rotatable bonds is 4. The van der Waals surface area contributed by atoms with Gasteiger partial charge in [-0.25, -0.2) is 4.98 Å². The maximum Gasteiger partial charge on any atom is 0.272 e. The van der Waals surface area contributed by atoms with Gasteiger partial charge in [-0.05, 0) is 24.3 Å². The van der Waals surface area contributed by atoms with Gasteiger partial charge in [0, 0.05) is 6.20 Å². The van der Waals surface area contributed by atoms with E-state index in [9.17, 15) is 9.90 Å². The molecule has 0 aliphatic carbocycles. The Morgan fingerprint density at radius 2 is 2.29 bits per heavy atom. The Hall–Kier alpha value is -2.31. The molecule has 2 N–H and O–H groups in total. The minimum atomic E-state index is -0.641. The van der Waals surface area contributed by atoms with Crippen molar-refractivity contribution in [3.05, 3.63) is 59.4 Å². The molecule has 3 heterocycles. The van der Waals surface area contributed by atoms with Gasteiger partial charge in [0.15, 0.2) is 10.8 Å². The first-order chi connectivity index (χ1) is 10.2. The van der Waals surface area contributed by atoms with Crippen LogP contribution in [0.4, 0.5) is 0 Å². The number of hydrogen-bond donors (Lipinski definition) is 2. The molecule has 0 radical (unpaired) electrons. The van der Waals surface area contributed by atoms with Crippen molar-refractivity contribution < 1.29 is 14.3 Å². The molecule has 3 aromatic rings. The van der Waals surface area contributed by atoms with Crippen LogP contribution >= 0.6 is 11.6 Å². The summed E-state index contributed by atoms with van der Waals surface area (Å²) in [7, 11) is 0. The third kappa shape index (κ3) is 2.51. The fraction of sp³-hybridized carbons (Fsp3) is 0.143. The van der Waals surface area contributed by atoms with Crippen LogP contribution in [0.1, 0.15) is 22.3 Å². The summed E-state index contributed by atoms with van der Waals surface area (Å²) in [4.78, 5) is 16.5. The lowest BCUT2D eigenvalue weighted by Crippen LogP contribution is -2.31. The number of aromatic nitrogens is 2.